The number of thioether (sulfide) groups is 1. The monoisotopic (exact) mass is 339 g/mol. The van der Waals surface area contributed by atoms with Gasteiger partial charge in [0.25, 0.3) is 11.8 Å². The van der Waals surface area contributed by atoms with E-state index in [1.54, 1.807) is 24.3 Å². The van der Waals surface area contributed by atoms with E-state index in [4.69, 9.17) is 0 Å². The van der Waals surface area contributed by atoms with Crippen LogP contribution < -0.4 is 0 Å². The molecule has 0 N–H and O–H groups in total. The second-order valence-corrected chi connectivity index (χ2v) is 6.68. The van der Waals surface area contributed by atoms with Crippen LogP contribution in [-0.2, 0) is 4.79 Å². The quantitative estimate of drug-likeness (QED) is 0.457. The summed E-state index contributed by atoms with van der Waals surface area (Å²) in [5.74, 6) is -0.471. The van der Waals surface area contributed by atoms with E-state index in [9.17, 15) is 14.4 Å². The molecule has 0 aromatic heterocycles. The van der Waals surface area contributed by atoms with Crippen LogP contribution in [0.3, 0.4) is 0 Å². The summed E-state index contributed by atoms with van der Waals surface area (Å²) in [4.78, 5) is 38.6. The number of imide groups is 1. The van der Waals surface area contributed by atoms with Gasteiger partial charge in [0, 0.05) is 17.9 Å². The Morgan fingerprint density at radius 2 is 1.42 bits per heavy atom. The van der Waals surface area contributed by atoms with E-state index in [1.807, 2.05) is 30.3 Å². The van der Waals surface area contributed by atoms with Crippen molar-refractivity contribution in [3.8, 4) is 0 Å². The first-order valence-corrected chi connectivity index (χ1v) is 8.69. The number of carbonyl (C=O) groups excluding carboxylic acids is 3. The molecular formula is C19H17NO3S. The van der Waals surface area contributed by atoms with Crippen molar-refractivity contribution in [1.29, 1.82) is 0 Å². The first-order valence-electron chi connectivity index (χ1n) is 7.88. The van der Waals surface area contributed by atoms with Crippen LogP contribution in [0.5, 0.6) is 0 Å². The van der Waals surface area contributed by atoms with Gasteiger partial charge in [-0.15, -0.1) is 0 Å². The molecule has 0 bridgehead atoms. The molecule has 0 spiro atoms. The molecule has 24 heavy (non-hydrogen) atoms. The van der Waals surface area contributed by atoms with E-state index >= 15 is 0 Å². The van der Waals surface area contributed by atoms with Crippen molar-refractivity contribution in [2.24, 2.45) is 0 Å². The molecule has 0 radical (unpaired) electrons. The second kappa shape index (κ2) is 7.45. The molecule has 0 saturated heterocycles. The number of rotatable bonds is 6. The van der Waals surface area contributed by atoms with Crippen molar-refractivity contribution >= 4 is 28.7 Å². The summed E-state index contributed by atoms with van der Waals surface area (Å²) < 4.78 is 0. The molecule has 1 aliphatic heterocycles. The Kier molecular flexibility index (Phi) is 5.11. The summed E-state index contributed by atoms with van der Waals surface area (Å²) in [5.41, 5.74) is 0.941. The van der Waals surface area contributed by atoms with Gasteiger partial charge in [0.1, 0.15) is 0 Å². The average molecular weight is 339 g/mol. The largest absolute Gasteiger partial charge is 0.287 e. The van der Waals surface area contributed by atoms with Crippen LogP contribution in [0.15, 0.2) is 59.5 Å². The summed E-state index contributed by atoms with van der Waals surface area (Å²) in [6.45, 7) is 0.357. The Labute approximate surface area is 144 Å². The predicted molar refractivity (Wildman–Crippen MR) is 93.0 cm³/mol. The number of benzene rings is 2. The molecule has 0 atom stereocenters. The minimum Gasteiger partial charge on any atom is -0.287 e. The van der Waals surface area contributed by atoms with Gasteiger partial charge < -0.3 is 0 Å². The lowest BCUT2D eigenvalue weighted by Crippen LogP contribution is -2.30. The second-order valence-electron chi connectivity index (χ2n) is 5.55. The third-order valence-electron chi connectivity index (χ3n) is 3.87. The van der Waals surface area contributed by atoms with E-state index < -0.39 is 0 Å². The van der Waals surface area contributed by atoms with Gasteiger partial charge in [-0.3, -0.25) is 19.3 Å². The third kappa shape index (κ3) is 3.57. The fourth-order valence-corrected chi connectivity index (χ4v) is 3.45. The van der Waals surface area contributed by atoms with E-state index in [1.165, 1.54) is 16.7 Å². The molecule has 0 saturated carbocycles. The summed E-state index contributed by atoms with van der Waals surface area (Å²) in [6.07, 6.45) is 1.72. The van der Waals surface area contributed by atoms with E-state index in [0.717, 1.165) is 4.90 Å². The molecule has 2 aromatic carbocycles. The molecule has 1 aliphatic rings. The lowest BCUT2D eigenvalue weighted by atomic mass is 10.1. The van der Waals surface area contributed by atoms with Crippen molar-refractivity contribution in [3.05, 3.63) is 65.7 Å². The topological polar surface area (TPSA) is 54.5 Å². The van der Waals surface area contributed by atoms with Crippen LogP contribution >= 0.6 is 11.8 Å². The highest BCUT2D eigenvalue weighted by Crippen LogP contribution is 2.24. The number of hydrogen-bond donors (Lipinski definition) is 0. The molecule has 0 fully saturated rings. The maximum atomic E-state index is 12.2. The van der Waals surface area contributed by atoms with Crippen molar-refractivity contribution in [2.75, 3.05) is 6.54 Å². The van der Waals surface area contributed by atoms with Crippen molar-refractivity contribution in [2.45, 2.75) is 24.2 Å². The Morgan fingerprint density at radius 3 is 2.04 bits per heavy atom. The molecule has 4 nitrogen and oxygen atoms in total. The molecule has 2 aromatic rings. The SMILES string of the molecule is O=C(CCCCN1C(=O)c2ccccc2C1=O)Sc1ccccc1. The Hall–Kier alpha value is -2.40. The minimum atomic E-state index is -0.236. The van der Waals surface area contributed by atoms with Crippen LogP contribution in [-0.4, -0.2) is 28.4 Å². The maximum absolute atomic E-state index is 12.2. The standard InChI is InChI=1S/C19H17NO3S/c21-17(24-14-8-2-1-3-9-14)12-6-7-13-20-18(22)15-10-4-5-11-16(15)19(20)23/h1-5,8-11H,6-7,12-13H2. The maximum Gasteiger partial charge on any atom is 0.261 e. The Balaban J connectivity index is 1.45. The minimum absolute atomic E-state index is 0.101. The highest BCUT2D eigenvalue weighted by atomic mass is 32.2. The number of carbonyl (C=O) groups is 3. The van der Waals surface area contributed by atoms with E-state index in [-0.39, 0.29) is 16.9 Å². The van der Waals surface area contributed by atoms with Crippen LogP contribution in [0.25, 0.3) is 0 Å². The Morgan fingerprint density at radius 1 is 0.833 bits per heavy atom. The molecule has 1 heterocycles. The fourth-order valence-electron chi connectivity index (χ4n) is 2.65. The van der Waals surface area contributed by atoms with Crippen LogP contribution in [0.1, 0.15) is 40.0 Å². The Bertz CT molecular complexity index is 738. The van der Waals surface area contributed by atoms with Crippen molar-refractivity contribution in [3.63, 3.8) is 0 Å². The van der Waals surface area contributed by atoms with Gasteiger partial charge in [-0.25, -0.2) is 0 Å². The molecule has 0 unspecified atom stereocenters. The smallest absolute Gasteiger partial charge is 0.261 e. The summed E-state index contributed by atoms with van der Waals surface area (Å²) in [6, 6.07) is 16.4. The zero-order valence-electron chi connectivity index (χ0n) is 13.1. The first-order chi connectivity index (χ1) is 11.7. The average Bonchev–Trinajstić information content (AvgIpc) is 2.84. The third-order valence-corrected chi connectivity index (χ3v) is 4.81. The van der Waals surface area contributed by atoms with Gasteiger partial charge in [-0.1, -0.05) is 42.1 Å². The van der Waals surface area contributed by atoms with Gasteiger partial charge in [-0.2, -0.15) is 0 Å². The van der Waals surface area contributed by atoms with Gasteiger partial charge in [0.05, 0.1) is 11.1 Å². The molecule has 2 amide bonds. The summed E-state index contributed by atoms with van der Waals surface area (Å²) in [7, 11) is 0. The van der Waals surface area contributed by atoms with Crippen LogP contribution in [0.2, 0.25) is 0 Å². The zero-order valence-corrected chi connectivity index (χ0v) is 13.9. The molecular weight excluding hydrogens is 322 g/mol. The van der Waals surface area contributed by atoms with Gasteiger partial charge in [0.15, 0.2) is 5.12 Å². The zero-order chi connectivity index (χ0) is 16.9. The van der Waals surface area contributed by atoms with Crippen molar-refractivity contribution in [1.82, 2.24) is 4.90 Å². The summed E-state index contributed by atoms with van der Waals surface area (Å²) in [5, 5.41) is 0.101. The normalized spacial score (nSPS) is 13.2. The molecule has 5 heteroatoms. The van der Waals surface area contributed by atoms with Gasteiger partial charge in [-0.05, 0) is 37.1 Å². The summed E-state index contributed by atoms with van der Waals surface area (Å²) >= 11 is 1.23. The number of hydrogen-bond acceptors (Lipinski definition) is 4. The van der Waals surface area contributed by atoms with Crippen LogP contribution in [0.4, 0.5) is 0 Å². The van der Waals surface area contributed by atoms with Gasteiger partial charge in [0.2, 0.25) is 0 Å². The fraction of sp³-hybridized carbons (Fsp3) is 0.211. The van der Waals surface area contributed by atoms with Crippen LogP contribution in [0, 0.1) is 0 Å². The highest BCUT2D eigenvalue weighted by molar-refractivity contribution is 8.13. The number of unbranched alkanes of at least 4 members (excludes halogenated alkanes) is 1. The van der Waals surface area contributed by atoms with Gasteiger partial charge >= 0.3 is 0 Å². The predicted octanol–water partition coefficient (Wildman–Crippen LogP) is 3.77. The highest BCUT2D eigenvalue weighted by Gasteiger charge is 2.34. The molecule has 122 valence electrons. The van der Waals surface area contributed by atoms with E-state index in [0.29, 0.717) is 36.9 Å². The molecule has 3 rings (SSSR count). The number of fused-ring (bicyclic) bond motifs is 1. The van der Waals surface area contributed by atoms with Crippen molar-refractivity contribution < 1.29 is 14.4 Å². The lowest BCUT2D eigenvalue weighted by molar-refractivity contribution is -0.111. The van der Waals surface area contributed by atoms with E-state index in [2.05, 4.69) is 0 Å². The molecule has 0 aliphatic carbocycles. The number of amides is 2. The number of nitrogens with zero attached hydrogens (tertiary/aromatic N) is 1. The first kappa shape index (κ1) is 16.5. The lowest BCUT2D eigenvalue weighted by Gasteiger charge is -2.13.